The largest absolute Gasteiger partial charge is 0.293 e. The highest BCUT2D eigenvalue weighted by Crippen LogP contribution is 2.17. The van der Waals surface area contributed by atoms with Crippen molar-refractivity contribution in [2.45, 2.75) is 11.2 Å². The third-order valence-electron chi connectivity index (χ3n) is 2.67. The maximum absolute atomic E-state index is 12.1. The van der Waals surface area contributed by atoms with Gasteiger partial charge in [-0.3, -0.25) is 4.79 Å². The number of hydrogen-bond acceptors (Lipinski definition) is 1. The summed E-state index contributed by atoms with van der Waals surface area (Å²) in [6, 6.07) is 16.9. The van der Waals surface area contributed by atoms with Crippen LogP contribution in [0.5, 0.6) is 0 Å². The molecule has 0 amide bonds. The van der Waals surface area contributed by atoms with E-state index in [1.807, 2.05) is 54.6 Å². The van der Waals surface area contributed by atoms with Gasteiger partial charge in [0.1, 0.15) is 0 Å². The topological polar surface area (TPSA) is 17.1 Å². The fourth-order valence-corrected chi connectivity index (χ4v) is 2.47. The molecule has 0 radical (unpaired) electrons. The summed E-state index contributed by atoms with van der Waals surface area (Å²) in [6.07, 6.45) is 0.658. The second kappa shape index (κ2) is 6.17. The van der Waals surface area contributed by atoms with Gasteiger partial charge in [0.05, 0.1) is 4.83 Å². The van der Waals surface area contributed by atoms with E-state index in [1.54, 1.807) is 0 Å². The van der Waals surface area contributed by atoms with E-state index < -0.39 is 0 Å². The van der Waals surface area contributed by atoms with Crippen LogP contribution < -0.4 is 0 Å². The van der Waals surface area contributed by atoms with Gasteiger partial charge in [0.2, 0.25) is 0 Å². The molecular weight excluding hydrogens is 312 g/mol. The molecule has 0 aliphatic heterocycles. The summed E-state index contributed by atoms with van der Waals surface area (Å²) < 4.78 is 0. The van der Waals surface area contributed by atoms with Crippen LogP contribution in [0.15, 0.2) is 54.6 Å². The van der Waals surface area contributed by atoms with Gasteiger partial charge in [-0.25, -0.2) is 0 Å². The summed E-state index contributed by atoms with van der Waals surface area (Å²) in [5.41, 5.74) is 1.82. The van der Waals surface area contributed by atoms with Gasteiger partial charge >= 0.3 is 0 Å². The number of hydrogen-bond donors (Lipinski definition) is 0. The zero-order valence-corrected chi connectivity index (χ0v) is 12.0. The summed E-state index contributed by atoms with van der Waals surface area (Å²) in [5.74, 6) is 0.102. The maximum atomic E-state index is 12.1. The van der Waals surface area contributed by atoms with Gasteiger partial charge in [-0.1, -0.05) is 70.0 Å². The molecule has 0 bridgehead atoms. The van der Waals surface area contributed by atoms with E-state index in [1.165, 1.54) is 0 Å². The molecule has 18 heavy (non-hydrogen) atoms. The number of carbonyl (C=O) groups excluding carboxylic acids is 1. The summed E-state index contributed by atoms with van der Waals surface area (Å²) in [7, 11) is 0. The standard InChI is InChI=1S/C15H12BrClO/c16-14(10-11-6-8-13(17)9-7-11)15(18)12-4-2-1-3-5-12/h1-9,14H,10H2. The molecule has 0 N–H and O–H groups in total. The first-order chi connectivity index (χ1) is 8.66. The minimum atomic E-state index is -0.207. The van der Waals surface area contributed by atoms with Crippen molar-refractivity contribution in [3.63, 3.8) is 0 Å². The third-order valence-corrected chi connectivity index (χ3v) is 3.66. The first-order valence-corrected chi connectivity index (χ1v) is 6.94. The fraction of sp³-hybridized carbons (Fsp3) is 0.133. The van der Waals surface area contributed by atoms with Crippen LogP contribution in [0.1, 0.15) is 15.9 Å². The van der Waals surface area contributed by atoms with Crippen LogP contribution in [-0.2, 0) is 6.42 Å². The predicted molar refractivity (Wildman–Crippen MR) is 78.6 cm³/mol. The normalized spacial score (nSPS) is 12.1. The van der Waals surface area contributed by atoms with Gasteiger partial charge in [-0.15, -0.1) is 0 Å². The fourth-order valence-electron chi connectivity index (χ4n) is 1.70. The number of alkyl halides is 1. The smallest absolute Gasteiger partial charge is 0.176 e. The average Bonchev–Trinajstić information content (AvgIpc) is 2.41. The molecule has 0 saturated heterocycles. The monoisotopic (exact) mass is 322 g/mol. The zero-order valence-electron chi connectivity index (χ0n) is 9.64. The van der Waals surface area contributed by atoms with Crippen LogP contribution in [0.4, 0.5) is 0 Å². The average molecular weight is 324 g/mol. The van der Waals surface area contributed by atoms with Gasteiger partial charge < -0.3 is 0 Å². The lowest BCUT2D eigenvalue weighted by molar-refractivity contribution is 0.0991. The second-order valence-corrected chi connectivity index (χ2v) is 5.57. The van der Waals surface area contributed by atoms with Crippen molar-refractivity contribution in [2.75, 3.05) is 0 Å². The molecule has 0 saturated carbocycles. The Hall–Kier alpha value is -1.12. The molecule has 0 aromatic heterocycles. The van der Waals surface area contributed by atoms with Crippen LogP contribution in [0.3, 0.4) is 0 Å². The van der Waals surface area contributed by atoms with Gasteiger partial charge in [0.15, 0.2) is 5.78 Å². The van der Waals surface area contributed by atoms with Crippen LogP contribution in [-0.4, -0.2) is 10.6 Å². The van der Waals surface area contributed by atoms with Crippen molar-refractivity contribution in [1.29, 1.82) is 0 Å². The van der Waals surface area contributed by atoms with Crippen molar-refractivity contribution in [3.8, 4) is 0 Å². The number of halogens is 2. The number of Topliss-reactive ketones (excluding diaryl/α,β-unsaturated/α-hetero) is 1. The van der Waals surface area contributed by atoms with Crippen molar-refractivity contribution in [1.82, 2.24) is 0 Å². The van der Waals surface area contributed by atoms with Crippen molar-refractivity contribution in [3.05, 3.63) is 70.7 Å². The Morgan fingerprint density at radius 3 is 2.28 bits per heavy atom. The Balaban J connectivity index is 2.06. The van der Waals surface area contributed by atoms with Gasteiger partial charge in [0, 0.05) is 10.6 Å². The Labute approximate surface area is 120 Å². The van der Waals surface area contributed by atoms with E-state index in [-0.39, 0.29) is 10.6 Å². The molecule has 0 aliphatic carbocycles. The van der Waals surface area contributed by atoms with Crippen LogP contribution in [0, 0.1) is 0 Å². The number of benzene rings is 2. The molecule has 3 heteroatoms. The molecule has 92 valence electrons. The summed E-state index contributed by atoms with van der Waals surface area (Å²) >= 11 is 9.28. The van der Waals surface area contributed by atoms with E-state index in [9.17, 15) is 4.79 Å². The number of ketones is 1. The summed E-state index contributed by atoms with van der Waals surface area (Å²) in [5, 5.41) is 0.708. The predicted octanol–water partition coefficient (Wildman–Crippen LogP) is 4.53. The first kappa shape index (κ1) is 13.3. The summed E-state index contributed by atoms with van der Waals surface area (Å²) in [6.45, 7) is 0. The van der Waals surface area contributed by atoms with E-state index in [2.05, 4.69) is 15.9 Å². The Morgan fingerprint density at radius 2 is 1.67 bits per heavy atom. The summed E-state index contributed by atoms with van der Waals surface area (Å²) in [4.78, 5) is 11.9. The molecule has 0 heterocycles. The first-order valence-electron chi connectivity index (χ1n) is 5.64. The second-order valence-electron chi connectivity index (χ2n) is 4.03. The van der Waals surface area contributed by atoms with Crippen molar-refractivity contribution >= 4 is 33.3 Å². The molecule has 1 atom stereocenters. The quantitative estimate of drug-likeness (QED) is 0.597. The molecule has 0 spiro atoms. The van der Waals surface area contributed by atoms with E-state index >= 15 is 0 Å². The third kappa shape index (κ3) is 3.44. The van der Waals surface area contributed by atoms with Crippen LogP contribution in [0.25, 0.3) is 0 Å². The minimum absolute atomic E-state index is 0.102. The minimum Gasteiger partial charge on any atom is -0.293 e. The van der Waals surface area contributed by atoms with Crippen molar-refractivity contribution in [2.24, 2.45) is 0 Å². The molecule has 0 aliphatic rings. The van der Waals surface area contributed by atoms with E-state index in [0.29, 0.717) is 11.4 Å². The van der Waals surface area contributed by atoms with Crippen LogP contribution >= 0.6 is 27.5 Å². The highest BCUT2D eigenvalue weighted by atomic mass is 79.9. The lowest BCUT2D eigenvalue weighted by Crippen LogP contribution is -2.16. The van der Waals surface area contributed by atoms with Gasteiger partial charge in [0.25, 0.3) is 0 Å². The molecular formula is C15H12BrClO. The number of carbonyl (C=O) groups is 1. The Kier molecular flexibility index (Phi) is 4.56. The van der Waals surface area contributed by atoms with Gasteiger partial charge in [-0.05, 0) is 24.1 Å². The highest BCUT2D eigenvalue weighted by molar-refractivity contribution is 9.10. The molecule has 2 aromatic carbocycles. The maximum Gasteiger partial charge on any atom is 0.176 e. The van der Waals surface area contributed by atoms with Crippen molar-refractivity contribution < 1.29 is 4.79 Å². The lowest BCUT2D eigenvalue weighted by atomic mass is 10.0. The van der Waals surface area contributed by atoms with Crippen LogP contribution in [0.2, 0.25) is 5.02 Å². The molecule has 2 rings (SSSR count). The Bertz CT molecular complexity index is 522. The highest BCUT2D eigenvalue weighted by Gasteiger charge is 2.16. The molecule has 2 aromatic rings. The number of rotatable bonds is 4. The SMILES string of the molecule is O=C(c1ccccc1)C(Br)Cc1ccc(Cl)cc1. The lowest BCUT2D eigenvalue weighted by Gasteiger charge is -2.09. The van der Waals surface area contributed by atoms with Gasteiger partial charge in [-0.2, -0.15) is 0 Å². The molecule has 0 fully saturated rings. The zero-order chi connectivity index (χ0) is 13.0. The van der Waals surface area contributed by atoms with E-state index in [0.717, 1.165) is 11.1 Å². The Morgan fingerprint density at radius 1 is 1.06 bits per heavy atom. The molecule has 1 nitrogen and oxygen atoms in total. The molecule has 1 unspecified atom stereocenters. The van der Waals surface area contributed by atoms with E-state index in [4.69, 9.17) is 11.6 Å².